The Kier molecular flexibility index (Phi) is 5.68. The number of sulfonamides is 1. The zero-order valence-electron chi connectivity index (χ0n) is 15.1. The molecule has 3 rings (SSSR count). The molecule has 0 bridgehead atoms. The first-order chi connectivity index (χ1) is 12.2. The summed E-state index contributed by atoms with van der Waals surface area (Å²) in [5.41, 5.74) is 3.64. The van der Waals surface area contributed by atoms with E-state index < -0.39 is 10.0 Å². The van der Waals surface area contributed by atoms with Gasteiger partial charge >= 0.3 is 0 Å². The van der Waals surface area contributed by atoms with Crippen LogP contribution in [0.2, 0.25) is 5.02 Å². The first-order valence-electron chi connectivity index (χ1n) is 8.49. The number of rotatable bonds is 3. The van der Waals surface area contributed by atoms with Gasteiger partial charge in [0.2, 0.25) is 10.0 Å². The standard InChI is InChI=1S/C19H22BrClN2O2S/c1-13-12-18(20)15(3)19(14(13)2)26(24,25)23-10-8-22(9-11-23)17-6-4-16(21)5-7-17/h4-7,12H,8-11H2,1-3H3. The molecule has 2 aromatic rings. The van der Waals surface area contributed by atoms with Crippen LogP contribution < -0.4 is 4.90 Å². The molecule has 140 valence electrons. The van der Waals surface area contributed by atoms with Gasteiger partial charge in [0.25, 0.3) is 0 Å². The molecule has 1 aliphatic heterocycles. The molecule has 7 heteroatoms. The lowest BCUT2D eigenvalue weighted by Crippen LogP contribution is -2.49. The molecule has 0 unspecified atom stereocenters. The number of benzene rings is 2. The second-order valence-electron chi connectivity index (χ2n) is 6.62. The second-order valence-corrected chi connectivity index (χ2v) is 9.79. The van der Waals surface area contributed by atoms with Crippen LogP contribution in [0.15, 0.2) is 39.7 Å². The Morgan fingerprint density at radius 3 is 2.12 bits per heavy atom. The Balaban J connectivity index is 1.84. The molecule has 0 amide bonds. The molecule has 2 aromatic carbocycles. The molecule has 0 aromatic heterocycles. The van der Waals surface area contributed by atoms with Crippen LogP contribution in [-0.2, 0) is 10.0 Å². The minimum Gasteiger partial charge on any atom is -0.369 e. The summed E-state index contributed by atoms with van der Waals surface area (Å²) >= 11 is 9.44. The molecule has 0 aliphatic carbocycles. The predicted molar refractivity (Wildman–Crippen MR) is 111 cm³/mol. The Morgan fingerprint density at radius 2 is 1.54 bits per heavy atom. The molecular weight excluding hydrogens is 436 g/mol. The molecule has 4 nitrogen and oxygen atoms in total. The van der Waals surface area contributed by atoms with Crippen LogP contribution in [-0.4, -0.2) is 38.9 Å². The van der Waals surface area contributed by atoms with Gasteiger partial charge in [-0.05, 0) is 67.8 Å². The van der Waals surface area contributed by atoms with Gasteiger partial charge in [0, 0.05) is 41.4 Å². The molecule has 1 aliphatic rings. The van der Waals surface area contributed by atoms with Gasteiger partial charge in [-0.25, -0.2) is 8.42 Å². The van der Waals surface area contributed by atoms with Crippen LogP contribution in [0.5, 0.6) is 0 Å². The molecule has 0 radical (unpaired) electrons. The van der Waals surface area contributed by atoms with E-state index in [4.69, 9.17) is 11.6 Å². The van der Waals surface area contributed by atoms with Crippen LogP contribution >= 0.6 is 27.5 Å². The highest BCUT2D eigenvalue weighted by Gasteiger charge is 2.32. The van der Waals surface area contributed by atoms with Crippen molar-refractivity contribution >= 4 is 43.2 Å². The lowest BCUT2D eigenvalue weighted by molar-refractivity contribution is 0.384. The molecule has 1 fully saturated rings. The molecular formula is C19H22BrClN2O2S. The lowest BCUT2D eigenvalue weighted by atomic mass is 10.1. The summed E-state index contributed by atoms with van der Waals surface area (Å²) in [6, 6.07) is 9.63. The van der Waals surface area contributed by atoms with Gasteiger partial charge in [0.1, 0.15) is 0 Å². The highest BCUT2D eigenvalue weighted by atomic mass is 79.9. The Labute approximate surface area is 168 Å². The normalized spacial score (nSPS) is 16.1. The number of hydrogen-bond donors (Lipinski definition) is 0. The fourth-order valence-corrected chi connectivity index (χ4v) is 6.08. The van der Waals surface area contributed by atoms with E-state index in [0.29, 0.717) is 36.1 Å². The van der Waals surface area contributed by atoms with Crippen molar-refractivity contribution in [2.75, 3.05) is 31.1 Å². The van der Waals surface area contributed by atoms with Crippen LogP contribution in [0.3, 0.4) is 0 Å². The Bertz CT molecular complexity index is 895. The minimum atomic E-state index is -3.53. The van der Waals surface area contributed by atoms with Gasteiger partial charge in [0.05, 0.1) is 4.90 Å². The fourth-order valence-electron chi connectivity index (χ4n) is 3.33. The molecule has 26 heavy (non-hydrogen) atoms. The Morgan fingerprint density at radius 1 is 0.962 bits per heavy atom. The third-order valence-electron chi connectivity index (χ3n) is 5.00. The third kappa shape index (κ3) is 3.65. The average molecular weight is 458 g/mol. The first kappa shape index (κ1) is 19.7. The van der Waals surface area contributed by atoms with Gasteiger partial charge in [-0.3, -0.25) is 0 Å². The monoisotopic (exact) mass is 456 g/mol. The summed E-state index contributed by atoms with van der Waals surface area (Å²) in [6.45, 7) is 7.93. The summed E-state index contributed by atoms with van der Waals surface area (Å²) in [5.74, 6) is 0. The van der Waals surface area contributed by atoms with Gasteiger partial charge in [0.15, 0.2) is 0 Å². The summed E-state index contributed by atoms with van der Waals surface area (Å²) in [6.07, 6.45) is 0. The number of piperazine rings is 1. The van der Waals surface area contributed by atoms with Crippen LogP contribution in [0, 0.1) is 20.8 Å². The number of nitrogens with zero attached hydrogens (tertiary/aromatic N) is 2. The highest BCUT2D eigenvalue weighted by Crippen LogP contribution is 2.32. The molecule has 1 heterocycles. The van der Waals surface area contributed by atoms with E-state index >= 15 is 0 Å². The second kappa shape index (κ2) is 7.50. The Hall–Kier alpha value is -1.08. The number of anilines is 1. The van der Waals surface area contributed by atoms with Crippen molar-refractivity contribution in [3.8, 4) is 0 Å². The first-order valence-corrected chi connectivity index (χ1v) is 11.1. The summed E-state index contributed by atoms with van der Waals surface area (Å²) < 4.78 is 29.0. The maximum atomic E-state index is 13.3. The molecule has 0 saturated carbocycles. The van der Waals surface area contributed by atoms with Crippen molar-refractivity contribution in [3.05, 3.63) is 56.5 Å². The number of halogens is 2. The predicted octanol–water partition coefficient (Wildman–Crippen LogP) is 4.54. The smallest absolute Gasteiger partial charge is 0.243 e. The van der Waals surface area contributed by atoms with Gasteiger partial charge in [-0.1, -0.05) is 27.5 Å². The number of hydrogen-bond acceptors (Lipinski definition) is 3. The van der Waals surface area contributed by atoms with Crippen LogP contribution in [0.4, 0.5) is 5.69 Å². The van der Waals surface area contributed by atoms with E-state index in [1.165, 1.54) is 0 Å². The van der Waals surface area contributed by atoms with E-state index in [-0.39, 0.29) is 0 Å². The minimum absolute atomic E-state index is 0.435. The maximum Gasteiger partial charge on any atom is 0.243 e. The van der Waals surface area contributed by atoms with E-state index in [9.17, 15) is 8.42 Å². The fraction of sp³-hybridized carbons (Fsp3) is 0.368. The molecule has 0 spiro atoms. The zero-order chi connectivity index (χ0) is 19.1. The van der Waals surface area contributed by atoms with E-state index in [0.717, 1.165) is 26.9 Å². The van der Waals surface area contributed by atoms with Crippen molar-refractivity contribution in [3.63, 3.8) is 0 Å². The lowest BCUT2D eigenvalue weighted by Gasteiger charge is -2.36. The molecule has 0 atom stereocenters. The highest BCUT2D eigenvalue weighted by molar-refractivity contribution is 9.10. The van der Waals surface area contributed by atoms with E-state index in [2.05, 4.69) is 20.8 Å². The largest absolute Gasteiger partial charge is 0.369 e. The maximum absolute atomic E-state index is 13.3. The van der Waals surface area contributed by atoms with E-state index in [1.54, 1.807) is 4.31 Å². The van der Waals surface area contributed by atoms with Gasteiger partial charge in [-0.15, -0.1) is 0 Å². The van der Waals surface area contributed by atoms with E-state index in [1.807, 2.05) is 51.1 Å². The SMILES string of the molecule is Cc1cc(Br)c(C)c(S(=O)(=O)N2CCN(c3ccc(Cl)cc3)CC2)c1C. The van der Waals surface area contributed by atoms with Gasteiger partial charge in [-0.2, -0.15) is 4.31 Å². The summed E-state index contributed by atoms with van der Waals surface area (Å²) in [5, 5.41) is 0.700. The molecule has 0 N–H and O–H groups in total. The summed E-state index contributed by atoms with van der Waals surface area (Å²) in [4.78, 5) is 2.62. The van der Waals surface area contributed by atoms with Crippen LogP contribution in [0.1, 0.15) is 16.7 Å². The quantitative estimate of drug-likeness (QED) is 0.679. The zero-order valence-corrected chi connectivity index (χ0v) is 18.2. The summed E-state index contributed by atoms with van der Waals surface area (Å²) in [7, 11) is -3.53. The topological polar surface area (TPSA) is 40.6 Å². The third-order valence-corrected chi connectivity index (χ3v) is 8.25. The van der Waals surface area contributed by atoms with Crippen molar-refractivity contribution < 1.29 is 8.42 Å². The van der Waals surface area contributed by atoms with Gasteiger partial charge < -0.3 is 4.90 Å². The van der Waals surface area contributed by atoms with Crippen molar-refractivity contribution in [2.45, 2.75) is 25.7 Å². The van der Waals surface area contributed by atoms with Crippen molar-refractivity contribution in [1.82, 2.24) is 4.31 Å². The van der Waals surface area contributed by atoms with Crippen LogP contribution in [0.25, 0.3) is 0 Å². The number of aryl methyl sites for hydroxylation is 1. The van der Waals surface area contributed by atoms with Crippen molar-refractivity contribution in [2.24, 2.45) is 0 Å². The van der Waals surface area contributed by atoms with Crippen molar-refractivity contribution in [1.29, 1.82) is 0 Å². The molecule has 1 saturated heterocycles. The average Bonchev–Trinajstić information content (AvgIpc) is 2.61.